The van der Waals surface area contributed by atoms with E-state index < -0.39 is 29.7 Å². The summed E-state index contributed by atoms with van der Waals surface area (Å²) < 4.78 is 48.7. The van der Waals surface area contributed by atoms with E-state index in [0.717, 1.165) is 13.0 Å². The van der Waals surface area contributed by atoms with Gasteiger partial charge in [-0.3, -0.25) is 14.6 Å². The van der Waals surface area contributed by atoms with E-state index in [1.54, 1.807) is 0 Å². The molecule has 0 unspecified atom stereocenters. The van der Waals surface area contributed by atoms with Crippen molar-refractivity contribution in [3.05, 3.63) is 58.4 Å². The van der Waals surface area contributed by atoms with E-state index in [9.17, 15) is 18.0 Å². The monoisotopic (exact) mass is 458 g/mol. The molecule has 1 aliphatic rings. The van der Waals surface area contributed by atoms with Crippen molar-refractivity contribution in [2.24, 2.45) is 10.7 Å². The highest BCUT2D eigenvalue weighted by molar-refractivity contribution is 6.29. The molecule has 31 heavy (non-hydrogen) atoms. The number of nitrogens with two attached hydrogens (primary N) is 1. The van der Waals surface area contributed by atoms with Crippen molar-refractivity contribution in [3.63, 3.8) is 0 Å². The number of nitrogens with zero attached hydrogens (tertiary/aromatic N) is 3. The zero-order valence-electron chi connectivity index (χ0n) is 16.2. The van der Waals surface area contributed by atoms with Crippen LogP contribution in [-0.4, -0.2) is 52.3 Å². The zero-order valence-corrected chi connectivity index (χ0v) is 16.9. The molecule has 12 heteroatoms. The second kappa shape index (κ2) is 9.84. The molecule has 0 aliphatic carbocycles. The highest BCUT2D eigenvalue weighted by Gasteiger charge is 2.54. The first-order valence-corrected chi connectivity index (χ1v) is 9.09. The SMILES string of the molecule is C[C@]1(c2cc(CC(=O)c3cnc(Cl)cn3)ccc2F)N=C(N)COCC1(F)F.O=CO. The van der Waals surface area contributed by atoms with Crippen LogP contribution < -0.4 is 5.73 Å². The van der Waals surface area contributed by atoms with Gasteiger partial charge in [0.2, 0.25) is 0 Å². The van der Waals surface area contributed by atoms with Gasteiger partial charge in [-0.15, -0.1) is 0 Å². The minimum atomic E-state index is -3.51. The molecule has 0 amide bonds. The predicted octanol–water partition coefficient (Wildman–Crippen LogP) is 2.63. The lowest BCUT2D eigenvalue weighted by atomic mass is 9.84. The summed E-state index contributed by atoms with van der Waals surface area (Å²) in [5, 5.41) is 7.02. The number of benzene rings is 1. The lowest BCUT2D eigenvalue weighted by Crippen LogP contribution is -2.45. The number of Topliss-reactive ketones (excluding diaryl/α,β-unsaturated/α-hetero) is 1. The molecule has 1 aromatic heterocycles. The van der Waals surface area contributed by atoms with Crippen LogP contribution in [0.25, 0.3) is 0 Å². The molecule has 1 atom stereocenters. The Balaban J connectivity index is 0.00000107. The van der Waals surface area contributed by atoms with Crippen LogP contribution in [0.2, 0.25) is 5.15 Å². The smallest absolute Gasteiger partial charge is 0.299 e. The standard InChI is InChI=1S/C18H16ClF3N4O2.CH2O2/c1-17(18(21,22)9-28-8-16(23)26-17)11-4-10(2-3-12(11)20)5-14(27)13-6-25-15(19)7-24-13;2-1-3/h2-4,6-7H,5,8-9H2,1H3,(H2,23,26);1H,(H,2,3)/t17-;/m1./s1. The number of hydrogen-bond acceptors (Lipinski definition) is 7. The number of alkyl halides is 2. The third kappa shape index (κ3) is 5.56. The number of rotatable bonds is 4. The lowest BCUT2D eigenvalue weighted by Gasteiger charge is -2.33. The maximum absolute atomic E-state index is 14.7. The molecule has 0 bridgehead atoms. The van der Waals surface area contributed by atoms with Gasteiger partial charge in [0.15, 0.2) is 11.3 Å². The van der Waals surface area contributed by atoms with Gasteiger partial charge in [-0.1, -0.05) is 17.7 Å². The third-order valence-electron chi connectivity index (χ3n) is 4.44. The lowest BCUT2D eigenvalue weighted by molar-refractivity contribution is -0.122. The van der Waals surface area contributed by atoms with E-state index in [2.05, 4.69) is 15.0 Å². The molecule has 0 saturated heterocycles. The average molecular weight is 459 g/mol. The topological polar surface area (TPSA) is 128 Å². The highest BCUT2D eigenvalue weighted by atomic mass is 35.5. The first kappa shape index (κ1) is 24.2. The molecule has 0 spiro atoms. The van der Waals surface area contributed by atoms with Crippen molar-refractivity contribution in [1.29, 1.82) is 0 Å². The minimum Gasteiger partial charge on any atom is -0.483 e. The molecule has 0 radical (unpaired) electrons. The van der Waals surface area contributed by atoms with Crippen LogP contribution in [0.3, 0.4) is 0 Å². The van der Waals surface area contributed by atoms with Crippen LogP contribution in [0.1, 0.15) is 28.5 Å². The van der Waals surface area contributed by atoms with Crippen molar-refractivity contribution < 1.29 is 32.6 Å². The van der Waals surface area contributed by atoms with Gasteiger partial charge in [0.05, 0.1) is 12.4 Å². The molecular formula is C19H18ClF3N4O4. The van der Waals surface area contributed by atoms with Gasteiger partial charge in [0.1, 0.15) is 35.7 Å². The van der Waals surface area contributed by atoms with Gasteiger partial charge in [-0.25, -0.2) is 23.1 Å². The van der Waals surface area contributed by atoms with Crippen molar-refractivity contribution in [3.8, 4) is 0 Å². The van der Waals surface area contributed by atoms with Gasteiger partial charge < -0.3 is 15.6 Å². The van der Waals surface area contributed by atoms with Crippen molar-refractivity contribution >= 4 is 29.7 Å². The summed E-state index contributed by atoms with van der Waals surface area (Å²) in [4.78, 5) is 32.2. The molecule has 166 valence electrons. The van der Waals surface area contributed by atoms with Gasteiger partial charge in [0.25, 0.3) is 12.4 Å². The Hall–Kier alpha value is -3.05. The fourth-order valence-corrected chi connectivity index (χ4v) is 2.97. The van der Waals surface area contributed by atoms with Crippen molar-refractivity contribution in [2.45, 2.75) is 24.8 Å². The minimum absolute atomic E-state index is 0.0527. The van der Waals surface area contributed by atoms with Gasteiger partial charge in [-0.2, -0.15) is 0 Å². The number of carboxylic acid groups (broad SMARTS) is 1. The Morgan fingerprint density at radius 3 is 2.65 bits per heavy atom. The van der Waals surface area contributed by atoms with E-state index in [0.29, 0.717) is 5.56 Å². The second-order valence-electron chi connectivity index (χ2n) is 6.62. The summed E-state index contributed by atoms with van der Waals surface area (Å²) in [6.45, 7) is -0.403. The van der Waals surface area contributed by atoms with E-state index >= 15 is 0 Å². The first-order valence-electron chi connectivity index (χ1n) is 8.71. The molecule has 1 aliphatic heterocycles. The average Bonchev–Trinajstić information content (AvgIpc) is 2.80. The molecule has 2 aromatic rings. The highest BCUT2D eigenvalue weighted by Crippen LogP contribution is 2.43. The summed E-state index contributed by atoms with van der Waals surface area (Å²) >= 11 is 5.64. The normalized spacial score (nSPS) is 20.0. The zero-order chi connectivity index (χ0) is 23.2. The number of hydrogen-bond donors (Lipinski definition) is 2. The van der Waals surface area contributed by atoms with Crippen LogP contribution in [-0.2, 0) is 21.5 Å². The van der Waals surface area contributed by atoms with Crippen molar-refractivity contribution in [2.75, 3.05) is 13.2 Å². The summed E-state index contributed by atoms with van der Waals surface area (Å²) in [5.41, 5.74) is 3.32. The fourth-order valence-electron chi connectivity index (χ4n) is 2.87. The molecule has 2 heterocycles. The van der Waals surface area contributed by atoms with Crippen LogP contribution >= 0.6 is 11.6 Å². The first-order chi connectivity index (χ1) is 14.5. The van der Waals surface area contributed by atoms with E-state index in [1.807, 2.05) is 0 Å². The number of amidine groups is 1. The molecule has 8 nitrogen and oxygen atoms in total. The van der Waals surface area contributed by atoms with Gasteiger partial charge in [-0.05, 0) is 24.6 Å². The number of aromatic nitrogens is 2. The Kier molecular flexibility index (Phi) is 7.69. The number of carbonyl (C=O) groups is 2. The largest absolute Gasteiger partial charge is 0.483 e. The Morgan fingerprint density at radius 2 is 2.03 bits per heavy atom. The van der Waals surface area contributed by atoms with Crippen molar-refractivity contribution in [1.82, 2.24) is 9.97 Å². The van der Waals surface area contributed by atoms with Gasteiger partial charge >= 0.3 is 0 Å². The van der Waals surface area contributed by atoms with Crippen LogP contribution in [0.5, 0.6) is 0 Å². The van der Waals surface area contributed by atoms with E-state index in [1.165, 1.54) is 24.5 Å². The van der Waals surface area contributed by atoms with Crippen LogP contribution in [0, 0.1) is 5.82 Å². The molecule has 3 N–H and O–H groups in total. The number of ether oxygens (including phenoxy) is 1. The van der Waals surface area contributed by atoms with Crippen LogP contribution in [0.15, 0.2) is 35.6 Å². The summed E-state index contributed by atoms with van der Waals surface area (Å²) in [6, 6.07) is 3.54. The Labute approximate surface area is 179 Å². The summed E-state index contributed by atoms with van der Waals surface area (Å²) in [5.74, 6) is -5.00. The Bertz CT molecular complexity index is 989. The Morgan fingerprint density at radius 1 is 1.35 bits per heavy atom. The number of aliphatic imine (C=N–C) groups is 1. The summed E-state index contributed by atoms with van der Waals surface area (Å²) in [6.07, 6.45) is 2.23. The molecular weight excluding hydrogens is 441 g/mol. The predicted molar refractivity (Wildman–Crippen MR) is 105 cm³/mol. The molecule has 1 aromatic carbocycles. The number of halogens is 4. The van der Waals surface area contributed by atoms with Gasteiger partial charge in [0, 0.05) is 12.0 Å². The summed E-state index contributed by atoms with van der Waals surface area (Å²) in [7, 11) is 0. The third-order valence-corrected chi connectivity index (χ3v) is 4.63. The molecule has 0 saturated carbocycles. The molecule has 0 fully saturated rings. The maximum Gasteiger partial charge on any atom is 0.299 e. The number of ketones is 1. The number of carbonyl (C=O) groups excluding carboxylic acids is 1. The second-order valence-corrected chi connectivity index (χ2v) is 7.00. The van der Waals surface area contributed by atoms with E-state index in [-0.39, 0.29) is 41.7 Å². The van der Waals surface area contributed by atoms with E-state index in [4.69, 9.17) is 32.0 Å². The molecule has 3 rings (SSSR count). The van der Waals surface area contributed by atoms with Crippen LogP contribution in [0.4, 0.5) is 13.2 Å². The quantitative estimate of drug-likeness (QED) is 0.532. The maximum atomic E-state index is 14.7. The fraction of sp³-hybridized carbons (Fsp3) is 0.316.